The summed E-state index contributed by atoms with van der Waals surface area (Å²) in [5.74, 6) is -0.216. The van der Waals surface area contributed by atoms with Crippen molar-refractivity contribution in [3.63, 3.8) is 0 Å². The molecule has 0 saturated heterocycles. The van der Waals surface area contributed by atoms with E-state index in [0.717, 1.165) is 6.07 Å². The smallest absolute Gasteiger partial charge is 0.196 e. The highest BCUT2D eigenvalue weighted by Crippen LogP contribution is 2.25. The molecule has 0 aromatic heterocycles. The quantitative estimate of drug-likeness (QED) is 0.558. The van der Waals surface area contributed by atoms with Crippen LogP contribution in [0.1, 0.15) is 42.3 Å². The number of rotatable bonds is 2. The van der Waals surface area contributed by atoms with Crippen molar-refractivity contribution in [3.05, 3.63) is 89.5 Å². The van der Waals surface area contributed by atoms with Crippen molar-refractivity contribution in [2.45, 2.75) is 26.2 Å². The molecule has 4 nitrogen and oxygen atoms in total. The van der Waals surface area contributed by atoms with Gasteiger partial charge in [-0.25, -0.2) is 0 Å². The van der Waals surface area contributed by atoms with Crippen molar-refractivity contribution < 1.29 is 20.1 Å². The molecule has 0 aliphatic rings. The molecule has 0 amide bonds. The van der Waals surface area contributed by atoms with E-state index in [4.69, 9.17) is 10.2 Å². The van der Waals surface area contributed by atoms with Gasteiger partial charge in [0.2, 0.25) is 0 Å². The maximum atomic E-state index is 11.9. The summed E-state index contributed by atoms with van der Waals surface area (Å²) in [7, 11) is 0. The second kappa shape index (κ2) is 8.41. The normalized spacial score (nSPS) is 10.6. The van der Waals surface area contributed by atoms with Gasteiger partial charge in [-0.1, -0.05) is 63.2 Å². The number of hydrogen-bond donors (Lipinski definition) is 3. The van der Waals surface area contributed by atoms with Gasteiger partial charge in [0.05, 0.1) is 5.56 Å². The van der Waals surface area contributed by atoms with Gasteiger partial charge in [0.25, 0.3) is 0 Å². The van der Waals surface area contributed by atoms with Crippen molar-refractivity contribution in [1.29, 1.82) is 0 Å². The Morgan fingerprint density at radius 2 is 1.30 bits per heavy atom. The molecule has 4 heteroatoms. The van der Waals surface area contributed by atoms with E-state index >= 15 is 0 Å². The lowest BCUT2D eigenvalue weighted by Crippen LogP contribution is -2.10. The first-order chi connectivity index (χ1) is 12.7. The Kier molecular flexibility index (Phi) is 6.24. The first-order valence-electron chi connectivity index (χ1n) is 8.60. The molecule has 3 N–H and O–H groups in total. The molecule has 3 aromatic rings. The van der Waals surface area contributed by atoms with E-state index < -0.39 is 0 Å². The molecule has 3 rings (SSSR count). The number of phenols is 3. The number of ketones is 1. The van der Waals surface area contributed by atoms with Gasteiger partial charge >= 0.3 is 0 Å². The predicted molar refractivity (Wildman–Crippen MR) is 106 cm³/mol. The molecule has 0 heterocycles. The summed E-state index contributed by atoms with van der Waals surface area (Å²) in [4.78, 5) is 11.9. The maximum absolute atomic E-state index is 11.9. The number of aromatic hydroxyl groups is 3. The molecular weight excluding hydrogens is 340 g/mol. The Morgan fingerprint density at radius 3 is 1.81 bits per heavy atom. The fourth-order valence-electron chi connectivity index (χ4n) is 2.42. The largest absolute Gasteiger partial charge is 0.508 e. The van der Waals surface area contributed by atoms with Gasteiger partial charge in [-0.15, -0.1) is 0 Å². The molecule has 0 aliphatic carbocycles. The highest BCUT2D eigenvalue weighted by Gasteiger charge is 2.13. The summed E-state index contributed by atoms with van der Waals surface area (Å²) in [6, 6.07) is 19.9. The Morgan fingerprint density at radius 1 is 0.741 bits per heavy atom. The molecule has 0 radical (unpaired) electrons. The van der Waals surface area contributed by atoms with E-state index in [-0.39, 0.29) is 28.3 Å². The number of benzene rings is 3. The van der Waals surface area contributed by atoms with Crippen LogP contribution in [0, 0.1) is 0 Å². The molecule has 0 atom stereocenters. The summed E-state index contributed by atoms with van der Waals surface area (Å²) < 4.78 is 0. The second-order valence-corrected chi connectivity index (χ2v) is 7.19. The molecule has 0 saturated carbocycles. The van der Waals surface area contributed by atoms with Crippen LogP contribution in [0.2, 0.25) is 0 Å². The molecular formula is C23H24O4. The summed E-state index contributed by atoms with van der Waals surface area (Å²) in [5.41, 5.74) is 2.11. The zero-order valence-electron chi connectivity index (χ0n) is 15.7. The van der Waals surface area contributed by atoms with E-state index in [1.165, 1.54) is 17.7 Å². The van der Waals surface area contributed by atoms with E-state index in [9.17, 15) is 9.90 Å². The summed E-state index contributed by atoms with van der Waals surface area (Å²) >= 11 is 0. The van der Waals surface area contributed by atoms with E-state index in [1.54, 1.807) is 36.4 Å². The third-order valence-corrected chi connectivity index (χ3v) is 4.00. The van der Waals surface area contributed by atoms with Crippen LogP contribution < -0.4 is 0 Å². The van der Waals surface area contributed by atoms with Gasteiger partial charge in [-0.3, -0.25) is 4.79 Å². The molecule has 0 spiro atoms. The predicted octanol–water partition coefficient (Wildman–Crippen LogP) is 5.02. The van der Waals surface area contributed by atoms with E-state index in [1.807, 2.05) is 18.2 Å². The van der Waals surface area contributed by atoms with Crippen molar-refractivity contribution >= 4 is 5.78 Å². The first kappa shape index (κ1) is 20.0. The SMILES string of the molecule is CC(C)(C)c1ccc(O)cc1.O=C(c1ccccc1)c1ccc(O)cc1O. The number of phenolic OH excluding ortho intramolecular Hbond substituents is 3. The van der Waals surface area contributed by atoms with E-state index in [0.29, 0.717) is 11.3 Å². The zero-order chi connectivity index (χ0) is 20.0. The lowest BCUT2D eigenvalue weighted by Gasteiger charge is -2.18. The fraction of sp³-hybridized carbons (Fsp3) is 0.174. The van der Waals surface area contributed by atoms with Gasteiger partial charge in [0.1, 0.15) is 17.2 Å². The molecule has 27 heavy (non-hydrogen) atoms. The lowest BCUT2D eigenvalue weighted by molar-refractivity contribution is 0.103. The Labute approximate surface area is 159 Å². The van der Waals surface area contributed by atoms with Crippen molar-refractivity contribution in [3.8, 4) is 17.2 Å². The highest BCUT2D eigenvalue weighted by molar-refractivity contribution is 6.10. The molecule has 140 valence electrons. The van der Waals surface area contributed by atoms with Gasteiger partial charge in [0.15, 0.2) is 5.78 Å². The first-order valence-corrected chi connectivity index (χ1v) is 8.60. The standard InChI is InChI=1S/C13H10O3.C10H14O/c14-10-6-7-11(12(15)8-10)13(16)9-4-2-1-3-5-9;1-10(2,3)8-4-6-9(11)7-5-8/h1-8,14-15H;4-7,11H,1-3H3. The van der Waals surface area contributed by atoms with E-state index in [2.05, 4.69) is 20.8 Å². The van der Waals surface area contributed by atoms with Gasteiger partial charge in [-0.05, 0) is 35.2 Å². The Bertz CT molecular complexity index is 892. The minimum absolute atomic E-state index is 0.0675. The van der Waals surface area contributed by atoms with Crippen LogP contribution in [-0.2, 0) is 5.41 Å². The van der Waals surface area contributed by atoms with Crippen molar-refractivity contribution in [2.75, 3.05) is 0 Å². The van der Waals surface area contributed by atoms with Crippen LogP contribution in [-0.4, -0.2) is 21.1 Å². The molecule has 0 unspecified atom stereocenters. The molecule has 0 bridgehead atoms. The highest BCUT2D eigenvalue weighted by atomic mass is 16.3. The monoisotopic (exact) mass is 364 g/mol. The number of carbonyl (C=O) groups is 1. The van der Waals surface area contributed by atoms with Crippen LogP contribution in [0.3, 0.4) is 0 Å². The Balaban J connectivity index is 0.000000208. The van der Waals surface area contributed by atoms with Crippen molar-refractivity contribution in [2.24, 2.45) is 0 Å². The average Bonchev–Trinajstić information content (AvgIpc) is 2.62. The molecule has 3 aromatic carbocycles. The third kappa shape index (κ3) is 5.61. The Hall–Kier alpha value is -3.27. The number of carbonyl (C=O) groups excluding carboxylic acids is 1. The molecule has 0 aliphatic heterocycles. The molecule has 0 fully saturated rings. The summed E-state index contributed by atoms with van der Waals surface area (Å²) in [6.45, 7) is 6.46. The summed E-state index contributed by atoms with van der Waals surface area (Å²) in [5, 5.41) is 27.7. The summed E-state index contributed by atoms with van der Waals surface area (Å²) in [6.07, 6.45) is 0. The van der Waals surface area contributed by atoms with Crippen LogP contribution in [0.5, 0.6) is 17.2 Å². The van der Waals surface area contributed by atoms with Crippen LogP contribution in [0.15, 0.2) is 72.8 Å². The zero-order valence-corrected chi connectivity index (χ0v) is 15.7. The van der Waals surface area contributed by atoms with Gasteiger partial charge < -0.3 is 15.3 Å². The van der Waals surface area contributed by atoms with Gasteiger partial charge in [-0.2, -0.15) is 0 Å². The second-order valence-electron chi connectivity index (χ2n) is 7.19. The van der Waals surface area contributed by atoms with Gasteiger partial charge in [0, 0.05) is 11.6 Å². The fourth-order valence-corrected chi connectivity index (χ4v) is 2.42. The van der Waals surface area contributed by atoms with Crippen LogP contribution in [0.4, 0.5) is 0 Å². The van der Waals surface area contributed by atoms with Crippen LogP contribution in [0.25, 0.3) is 0 Å². The average molecular weight is 364 g/mol. The van der Waals surface area contributed by atoms with Crippen molar-refractivity contribution in [1.82, 2.24) is 0 Å². The topological polar surface area (TPSA) is 77.8 Å². The third-order valence-electron chi connectivity index (χ3n) is 4.00. The maximum Gasteiger partial charge on any atom is 0.196 e. The minimum Gasteiger partial charge on any atom is -0.508 e. The minimum atomic E-state index is -0.266. The van der Waals surface area contributed by atoms with Crippen LogP contribution >= 0.6 is 0 Å². The number of hydrogen-bond acceptors (Lipinski definition) is 4. The lowest BCUT2D eigenvalue weighted by atomic mass is 9.87.